The molecule has 1 aromatic heterocycles. The molecule has 0 saturated carbocycles. The molecular weight excluding hydrogens is 278 g/mol. The number of nitrogens with zero attached hydrogens (tertiary/aromatic N) is 1. The van der Waals surface area contributed by atoms with Gasteiger partial charge in [-0.25, -0.2) is 8.42 Å². The van der Waals surface area contributed by atoms with E-state index in [1.165, 1.54) is 26.5 Å². The third-order valence-corrected chi connectivity index (χ3v) is 4.51. The first kappa shape index (κ1) is 14.3. The Hall–Kier alpha value is -2.08. The van der Waals surface area contributed by atoms with Gasteiger partial charge in [-0.3, -0.25) is 4.98 Å². The van der Waals surface area contributed by atoms with Crippen molar-refractivity contribution in [3.8, 4) is 11.5 Å². The Labute approximate surface area is 118 Å². The quantitative estimate of drug-likeness (QED) is 0.844. The van der Waals surface area contributed by atoms with Crippen LogP contribution in [-0.4, -0.2) is 27.6 Å². The molecule has 0 N–H and O–H groups in total. The van der Waals surface area contributed by atoms with Crippen LogP contribution in [0.3, 0.4) is 0 Å². The van der Waals surface area contributed by atoms with E-state index >= 15 is 0 Å². The van der Waals surface area contributed by atoms with Crippen molar-refractivity contribution in [1.29, 1.82) is 0 Å². The van der Waals surface area contributed by atoms with Crippen LogP contribution < -0.4 is 9.47 Å². The fraction of sp³-hybridized carbons (Fsp3) is 0.214. The molecule has 0 bridgehead atoms. The number of aromatic nitrogens is 1. The SMILES string of the molecule is COc1ccc(S(=O)(=O)Cc2cccnc2)c(OC)c1. The van der Waals surface area contributed by atoms with Crippen molar-refractivity contribution in [2.75, 3.05) is 14.2 Å². The summed E-state index contributed by atoms with van der Waals surface area (Å²) in [5.41, 5.74) is 0.630. The van der Waals surface area contributed by atoms with Gasteiger partial charge in [0.15, 0.2) is 9.84 Å². The van der Waals surface area contributed by atoms with Crippen molar-refractivity contribution in [2.45, 2.75) is 10.6 Å². The van der Waals surface area contributed by atoms with Gasteiger partial charge in [0.05, 0.1) is 20.0 Å². The Morgan fingerprint density at radius 3 is 2.55 bits per heavy atom. The van der Waals surface area contributed by atoms with Gasteiger partial charge in [0.25, 0.3) is 0 Å². The van der Waals surface area contributed by atoms with Crippen molar-refractivity contribution in [3.63, 3.8) is 0 Å². The number of rotatable bonds is 5. The van der Waals surface area contributed by atoms with Gasteiger partial charge in [-0.1, -0.05) is 6.07 Å². The van der Waals surface area contributed by atoms with Crippen molar-refractivity contribution in [2.24, 2.45) is 0 Å². The van der Waals surface area contributed by atoms with E-state index < -0.39 is 9.84 Å². The molecule has 5 nitrogen and oxygen atoms in total. The van der Waals surface area contributed by atoms with Crippen LogP contribution in [0.15, 0.2) is 47.6 Å². The predicted octanol–water partition coefficient (Wildman–Crippen LogP) is 2.07. The number of hydrogen-bond donors (Lipinski definition) is 0. The number of benzene rings is 1. The molecule has 20 heavy (non-hydrogen) atoms. The van der Waals surface area contributed by atoms with Crippen molar-refractivity contribution in [1.82, 2.24) is 4.98 Å². The lowest BCUT2D eigenvalue weighted by Gasteiger charge is -2.11. The molecule has 0 atom stereocenters. The summed E-state index contributed by atoms with van der Waals surface area (Å²) >= 11 is 0. The fourth-order valence-electron chi connectivity index (χ4n) is 1.81. The topological polar surface area (TPSA) is 65.5 Å². The highest BCUT2D eigenvalue weighted by atomic mass is 32.2. The van der Waals surface area contributed by atoms with Crippen LogP contribution in [0.1, 0.15) is 5.56 Å². The molecule has 0 fully saturated rings. The number of methoxy groups -OCH3 is 2. The first-order valence-corrected chi connectivity index (χ1v) is 7.56. The summed E-state index contributed by atoms with van der Waals surface area (Å²) in [6.45, 7) is 0. The summed E-state index contributed by atoms with van der Waals surface area (Å²) in [5.74, 6) is 0.694. The third kappa shape index (κ3) is 3.08. The van der Waals surface area contributed by atoms with Gasteiger partial charge in [0.2, 0.25) is 0 Å². The van der Waals surface area contributed by atoms with E-state index in [-0.39, 0.29) is 16.4 Å². The number of hydrogen-bond acceptors (Lipinski definition) is 5. The van der Waals surface area contributed by atoms with Crippen LogP contribution in [-0.2, 0) is 15.6 Å². The first-order valence-electron chi connectivity index (χ1n) is 5.90. The summed E-state index contributed by atoms with van der Waals surface area (Å²) < 4.78 is 35.1. The zero-order valence-electron chi connectivity index (χ0n) is 11.2. The molecule has 0 radical (unpaired) electrons. The third-order valence-electron chi connectivity index (χ3n) is 2.79. The van der Waals surface area contributed by atoms with Crippen LogP contribution >= 0.6 is 0 Å². The summed E-state index contributed by atoms with van der Waals surface area (Å²) in [4.78, 5) is 4.06. The molecule has 2 rings (SSSR count). The lowest BCUT2D eigenvalue weighted by atomic mass is 10.3. The highest BCUT2D eigenvalue weighted by Gasteiger charge is 2.20. The molecule has 0 spiro atoms. The van der Waals surface area contributed by atoms with Crippen LogP contribution in [0, 0.1) is 0 Å². The molecule has 1 heterocycles. The minimum Gasteiger partial charge on any atom is -0.497 e. The van der Waals surface area contributed by atoms with E-state index in [1.807, 2.05) is 0 Å². The van der Waals surface area contributed by atoms with E-state index in [4.69, 9.17) is 9.47 Å². The molecule has 0 unspecified atom stereocenters. The maximum absolute atomic E-state index is 12.4. The zero-order chi connectivity index (χ0) is 14.6. The Balaban J connectivity index is 2.39. The minimum atomic E-state index is -3.50. The van der Waals surface area contributed by atoms with Crippen molar-refractivity contribution < 1.29 is 17.9 Å². The van der Waals surface area contributed by atoms with Gasteiger partial charge >= 0.3 is 0 Å². The fourth-order valence-corrected chi connectivity index (χ4v) is 3.30. The molecule has 2 aromatic rings. The van der Waals surface area contributed by atoms with E-state index in [1.54, 1.807) is 30.5 Å². The van der Waals surface area contributed by atoms with Gasteiger partial charge in [0, 0.05) is 18.5 Å². The molecule has 1 aromatic carbocycles. The first-order chi connectivity index (χ1) is 9.56. The second kappa shape index (κ2) is 5.92. The molecule has 0 aliphatic carbocycles. The lowest BCUT2D eigenvalue weighted by molar-refractivity contribution is 0.386. The Bertz CT molecular complexity index is 684. The van der Waals surface area contributed by atoms with E-state index in [0.29, 0.717) is 11.3 Å². The van der Waals surface area contributed by atoms with Gasteiger partial charge in [-0.05, 0) is 23.8 Å². The maximum Gasteiger partial charge on any atom is 0.186 e. The summed E-state index contributed by atoms with van der Waals surface area (Å²) in [7, 11) is -0.561. The predicted molar refractivity (Wildman–Crippen MR) is 74.7 cm³/mol. The Morgan fingerprint density at radius 2 is 1.95 bits per heavy atom. The molecule has 0 aliphatic rings. The second-order valence-electron chi connectivity index (χ2n) is 4.14. The highest BCUT2D eigenvalue weighted by molar-refractivity contribution is 7.90. The molecule has 0 aliphatic heterocycles. The van der Waals surface area contributed by atoms with Crippen LogP contribution in [0.4, 0.5) is 0 Å². The van der Waals surface area contributed by atoms with Crippen LogP contribution in [0.5, 0.6) is 11.5 Å². The lowest BCUT2D eigenvalue weighted by Crippen LogP contribution is -2.07. The normalized spacial score (nSPS) is 11.1. The highest BCUT2D eigenvalue weighted by Crippen LogP contribution is 2.30. The van der Waals surface area contributed by atoms with E-state index in [2.05, 4.69) is 4.98 Å². The van der Waals surface area contributed by atoms with Crippen LogP contribution in [0.2, 0.25) is 0 Å². The second-order valence-corrected chi connectivity index (χ2v) is 6.10. The molecular formula is C14H15NO4S. The monoisotopic (exact) mass is 293 g/mol. The summed E-state index contributed by atoms with van der Waals surface area (Å²) in [5, 5.41) is 0. The smallest absolute Gasteiger partial charge is 0.186 e. The Morgan fingerprint density at radius 1 is 1.15 bits per heavy atom. The van der Waals surface area contributed by atoms with Gasteiger partial charge < -0.3 is 9.47 Å². The van der Waals surface area contributed by atoms with Gasteiger partial charge in [-0.2, -0.15) is 0 Å². The zero-order valence-corrected chi connectivity index (χ0v) is 12.1. The molecule has 6 heteroatoms. The minimum absolute atomic E-state index is 0.121. The van der Waals surface area contributed by atoms with E-state index in [9.17, 15) is 8.42 Å². The largest absolute Gasteiger partial charge is 0.497 e. The maximum atomic E-state index is 12.4. The molecule has 0 amide bonds. The van der Waals surface area contributed by atoms with Gasteiger partial charge in [-0.15, -0.1) is 0 Å². The van der Waals surface area contributed by atoms with Crippen LogP contribution in [0.25, 0.3) is 0 Å². The van der Waals surface area contributed by atoms with Crippen molar-refractivity contribution >= 4 is 9.84 Å². The summed E-state index contributed by atoms with van der Waals surface area (Å²) in [6, 6.07) is 8.06. The Kier molecular flexibility index (Phi) is 4.24. The number of sulfone groups is 1. The standard InChI is InChI=1S/C14H15NO4S/c1-18-12-5-6-14(13(8-12)19-2)20(16,17)10-11-4-3-7-15-9-11/h3-9H,10H2,1-2H3. The molecule has 106 valence electrons. The number of ether oxygens (including phenoxy) is 2. The molecule has 0 saturated heterocycles. The van der Waals surface area contributed by atoms with Gasteiger partial charge in [0.1, 0.15) is 16.4 Å². The summed E-state index contributed by atoms with van der Waals surface area (Å²) in [6.07, 6.45) is 3.14. The van der Waals surface area contributed by atoms with E-state index in [0.717, 1.165) is 0 Å². The average molecular weight is 293 g/mol. The average Bonchev–Trinajstić information content (AvgIpc) is 2.47. The van der Waals surface area contributed by atoms with Crippen molar-refractivity contribution in [3.05, 3.63) is 48.3 Å². The number of pyridine rings is 1.